The number of benzene rings is 2. The zero-order valence-corrected chi connectivity index (χ0v) is 14.3. The molecule has 1 atom stereocenters. The molecule has 0 saturated carbocycles. The zero-order chi connectivity index (χ0) is 16.4. The molecule has 120 valence electrons. The highest BCUT2D eigenvalue weighted by molar-refractivity contribution is 7.99. The smallest absolute Gasteiger partial charge is 0.308 e. The van der Waals surface area contributed by atoms with E-state index in [9.17, 15) is 9.18 Å². The Bertz CT molecular complexity index is 727. The standard InChI is InChI=1S/C16H13Cl2FN2OS/c17-12-2-1-3-13(14(12)18)20-16(22)21-8-9-23-15(21)10-4-6-11(19)7-5-10/h1-7,15H,8-9H2,(H,20,22)/t15-/m0/s1. The largest absolute Gasteiger partial charge is 0.323 e. The van der Waals surface area contributed by atoms with E-state index in [0.717, 1.165) is 11.3 Å². The number of rotatable bonds is 2. The second kappa shape index (κ2) is 6.99. The Morgan fingerprint density at radius 3 is 2.70 bits per heavy atom. The molecule has 0 aromatic heterocycles. The molecule has 23 heavy (non-hydrogen) atoms. The van der Waals surface area contributed by atoms with Crippen LogP contribution < -0.4 is 5.32 Å². The van der Waals surface area contributed by atoms with E-state index in [4.69, 9.17) is 23.2 Å². The summed E-state index contributed by atoms with van der Waals surface area (Å²) in [6, 6.07) is 11.0. The minimum Gasteiger partial charge on any atom is -0.308 e. The number of nitrogens with one attached hydrogen (secondary N) is 1. The van der Waals surface area contributed by atoms with Crippen molar-refractivity contribution >= 4 is 46.7 Å². The van der Waals surface area contributed by atoms with Gasteiger partial charge in [-0.25, -0.2) is 9.18 Å². The normalized spacial score (nSPS) is 17.3. The first-order valence-corrected chi connectivity index (χ1v) is 8.75. The van der Waals surface area contributed by atoms with E-state index in [-0.39, 0.29) is 17.2 Å². The number of carbonyl (C=O) groups is 1. The Kier molecular flexibility index (Phi) is 4.99. The number of carbonyl (C=O) groups excluding carboxylic acids is 1. The van der Waals surface area contributed by atoms with E-state index >= 15 is 0 Å². The van der Waals surface area contributed by atoms with Crippen LogP contribution in [0.1, 0.15) is 10.9 Å². The lowest BCUT2D eigenvalue weighted by Crippen LogP contribution is -2.34. The van der Waals surface area contributed by atoms with Crippen LogP contribution in [0.4, 0.5) is 14.9 Å². The molecule has 1 aliphatic rings. The summed E-state index contributed by atoms with van der Waals surface area (Å²) in [5, 5.41) is 3.34. The van der Waals surface area contributed by atoms with Gasteiger partial charge < -0.3 is 10.2 Å². The van der Waals surface area contributed by atoms with Crippen LogP contribution in [0.15, 0.2) is 42.5 Å². The fraction of sp³-hybridized carbons (Fsp3) is 0.188. The minimum atomic E-state index is -0.293. The van der Waals surface area contributed by atoms with Crippen LogP contribution in [0.25, 0.3) is 0 Å². The Morgan fingerprint density at radius 2 is 1.96 bits per heavy atom. The summed E-state index contributed by atoms with van der Waals surface area (Å²) >= 11 is 13.7. The summed E-state index contributed by atoms with van der Waals surface area (Å²) in [7, 11) is 0. The fourth-order valence-electron chi connectivity index (χ4n) is 2.37. The molecule has 1 saturated heterocycles. The number of anilines is 1. The van der Waals surface area contributed by atoms with Gasteiger partial charge in [0.05, 0.1) is 15.7 Å². The lowest BCUT2D eigenvalue weighted by atomic mass is 10.2. The van der Waals surface area contributed by atoms with Crippen LogP contribution in [0.5, 0.6) is 0 Å². The first kappa shape index (κ1) is 16.4. The topological polar surface area (TPSA) is 32.3 Å². The van der Waals surface area contributed by atoms with Crippen molar-refractivity contribution in [2.75, 3.05) is 17.6 Å². The summed E-state index contributed by atoms with van der Waals surface area (Å²) in [5.74, 6) is 0.525. The van der Waals surface area contributed by atoms with Crippen LogP contribution in [-0.2, 0) is 0 Å². The number of urea groups is 1. The van der Waals surface area contributed by atoms with Crippen molar-refractivity contribution in [3.05, 3.63) is 63.9 Å². The molecular formula is C16H13Cl2FN2OS. The summed E-state index contributed by atoms with van der Waals surface area (Å²) in [6.07, 6.45) is 0. The molecule has 1 fully saturated rings. The van der Waals surface area contributed by atoms with Gasteiger partial charge >= 0.3 is 6.03 Å². The number of halogens is 3. The quantitative estimate of drug-likeness (QED) is 0.765. The van der Waals surface area contributed by atoms with Gasteiger partial charge in [0.15, 0.2) is 0 Å². The monoisotopic (exact) mass is 370 g/mol. The van der Waals surface area contributed by atoms with Gasteiger partial charge in [-0.15, -0.1) is 11.8 Å². The first-order valence-electron chi connectivity index (χ1n) is 6.95. The molecule has 1 aliphatic heterocycles. The summed E-state index contributed by atoms with van der Waals surface area (Å²) in [4.78, 5) is 14.3. The number of amides is 2. The van der Waals surface area contributed by atoms with Crippen molar-refractivity contribution < 1.29 is 9.18 Å². The van der Waals surface area contributed by atoms with E-state index < -0.39 is 0 Å². The second-order valence-corrected chi connectivity index (χ2v) is 6.97. The molecule has 0 radical (unpaired) electrons. The number of hydrogen-bond acceptors (Lipinski definition) is 2. The van der Waals surface area contributed by atoms with Gasteiger partial charge in [-0.2, -0.15) is 0 Å². The Labute approximate surface area is 147 Å². The Hall–Kier alpha value is -1.43. The first-order chi connectivity index (χ1) is 11.1. The average molecular weight is 371 g/mol. The van der Waals surface area contributed by atoms with Crippen molar-refractivity contribution in [1.82, 2.24) is 4.90 Å². The predicted octanol–water partition coefficient (Wildman–Crippen LogP) is 5.41. The molecule has 0 spiro atoms. The van der Waals surface area contributed by atoms with E-state index in [1.165, 1.54) is 12.1 Å². The van der Waals surface area contributed by atoms with Gasteiger partial charge in [-0.1, -0.05) is 41.4 Å². The molecular weight excluding hydrogens is 358 g/mol. The maximum Gasteiger partial charge on any atom is 0.323 e. The van der Waals surface area contributed by atoms with Gasteiger partial charge in [-0.3, -0.25) is 0 Å². The van der Waals surface area contributed by atoms with Crippen LogP contribution >= 0.6 is 35.0 Å². The predicted molar refractivity (Wildman–Crippen MR) is 93.8 cm³/mol. The van der Waals surface area contributed by atoms with Crippen LogP contribution in [0.2, 0.25) is 10.0 Å². The third kappa shape index (κ3) is 3.57. The molecule has 2 aromatic rings. The number of thioether (sulfide) groups is 1. The third-order valence-electron chi connectivity index (χ3n) is 3.50. The van der Waals surface area contributed by atoms with E-state index in [2.05, 4.69) is 5.32 Å². The average Bonchev–Trinajstić information content (AvgIpc) is 3.02. The highest BCUT2D eigenvalue weighted by Crippen LogP contribution is 2.38. The van der Waals surface area contributed by atoms with Crippen LogP contribution in [0, 0.1) is 5.82 Å². The van der Waals surface area contributed by atoms with E-state index in [1.807, 2.05) is 0 Å². The summed E-state index contributed by atoms with van der Waals surface area (Å²) in [6.45, 7) is 0.608. The van der Waals surface area contributed by atoms with Crippen molar-refractivity contribution in [2.24, 2.45) is 0 Å². The van der Waals surface area contributed by atoms with Crippen molar-refractivity contribution in [2.45, 2.75) is 5.37 Å². The van der Waals surface area contributed by atoms with Crippen LogP contribution in [-0.4, -0.2) is 23.2 Å². The molecule has 2 aromatic carbocycles. The molecule has 0 aliphatic carbocycles. The fourth-order valence-corrected chi connectivity index (χ4v) is 3.97. The Balaban J connectivity index is 1.78. The van der Waals surface area contributed by atoms with Gasteiger partial charge in [0.25, 0.3) is 0 Å². The molecule has 0 bridgehead atoms. The van der Waals surface area contributed by atoms with Gasteiger partial charge in [0.2, 0.25) is 0 Å². The molecule has 1 N–H and O–H groups in total. The third-order valence-corrected chi connectivity index (χ3v) is 5.58. The van der Waals surface area contributed by atoms with Crippen molar-refractivity contribution in [3.63, 3.8) is 0 Å². The summed E-state index contributed by atoms with van der Waals surface area (Å²) in [5.41, 5.74) is 1.36. The van der Waals surface area contributed by atoms with Gasteiger partial charge in [-0.05, 0) is 29.8 Å². The summed E-state index contributed by atoms with van der Waals surface area (Å²) < 4.78 is 13.1. The second-order valence-electron chi connectivity index (χ2n) is 5.00. The molecule has 0 unspecified atom stereocenters. The molecule has 3 nitrogen and oxygen atoms in total. The van der Waals surface area contributed by atoms with Crippen LogP contribution in [0.3, 0.4) is 0 Å². The molecule has 3 rings (SSSR count). The highest BCUT2D eigenvalue weighted by Gasteiger charge is 2.31. The maximum absolute atomic E-state index is 13.1. The minimum absolute atomic E-state index is 0.145. The molecule has 2 amide bonds. The Morgan fingerprint density at radius 1 is 1.22 bits per heavy atom. The van der Waals surface area contributed by atoms with E-state index in [1.54, 1.807) is 47.0 Å². The SMILES string of the molecule is O=C(Nc1cccc(Cl)c1Cl)N1CCS[C@H]1c1ccc(F)cc1. The molecule has 7 heteroatoms. The number of nitrogens with zero attached hydrogens (tertiary/aromatic N) is 1. The zero-order valence-electron chi connectivity index (χ0n) is 11.9. The van der Waals surface area contributed by atoms with E-state index in [0.29, 0.717) is 22.3 Å². The van der Waals surface area contributed by atoms with Crippen molar-refractivity contribution in [1.29, 1.82) is 0 Å². The number of hydrogen-bond donors (Lipinski definition) is 1. The maximum atomic E-state index is 13.1. The molecule has 1 heterocycles. The van der Waals surface area contributed by atoms with Gasteiger partial charge in [0.1, 0.15) is 11.2 Å². The van der Waals surface area contributed by atoms with Crippen molar-refractivity contribution in [3.8, 4) is 0 Å². The lowest BCUT2D eigenvalue weighted by molar-refractivity contribution is 0.214. The highest BCUT2D eigenvalue weighted by atomic mass is 35.5. The van der Waals surface area contributed by atoms with Gasteiger partial charge in [0, 0.05) is 12.3 Å². The lowest BCUT2D eigenvalue weighted by Gasteiger charge is -2.24.